The standard InChI is InChI=1S/C17H22N2O4S/c1-12-2-4-15(5-3-12)19-10-14(8-16(19)20)17(21)18-9-13-6-7-24(22,23)11-13/h2-5,13-14H,6-11H2,1H3,(H,18,21)/t13-,14-/m1/s1. The molecule has 2 fully saturated rings. The first-order valence-electron chi connectivity index (χ1n) is 8.19. The molecule has 0 radical (unpaired) electrons. The van der Waals surface area contributed by atoms with Crippen molar-refractivity contribution in [2.75, 3.05) is 29.5 Å². The zero-order chi connectivity index (χ0) is 17.3. The fraction of sp³-hybridized carbons (Fsp3) is 0.529. The Kier molecular flexibility index (Phi) is 4.62. The van der Waals surface area contributed by atoms with Crippen LogP contribution in [0, 0.1) is 18.8 Å². The molecule has 0 spiro atoms. The van der Waals surface area contributed by atoms with Crippen LogP contribution in [0.1, 0.15) is 18.4 Å². The van der Waals surface area contributed by atoms with E-state index in [1.54, 1.807) is 4.90 Å². The van der Waals surface area contributed by atoms with E-state index in [1.807, 2.05) is 31.2 Å². The smallest absolute Gasteiger partial charge is 0.227 e. The van der Waals surface area contributed by atoms with E-state index in [2.05, 4.69) is 5.32 Å². The minimum atomic E-state index is -2.93. The van der Waals surface area contributed by atoms with E-state index < -0.39 is 9.84 Å². The Balaban J connectivity index is 1.55. The van der Waals surface area contributed by atoms with Gasteiger partial charge in [-0.3, -0.25) is 9.59 Å². The number of sulfone groups is 1. The van der Waals surface area contributed by atoms with Crippen molar-refractivity contribution in [1.29, 1.82) is 0 Å². The quantitative estimate of drug-likeness (QED) is 0.874. The lowest BCUT2D eigenvalue weighted by Gasteiger charge is -2.17. The summed E-state index contributed by atoms with van der Waals surface area (Å²) < 4.78 is 22.9. The molecule has 0 aliphatic carbocycles. The molecule has 2 amide bonds. The molecule has 2 heterocycles. The van der Waals surface area contributed by atoms with Crippen molar-refractivity contribution in [2.24, 2.45) is 11.8 Å². The summed E-state index contributed by atoms with van der Waals surface area (Å²) in [6, 6.07) is 7.65. The number of hydrogen-bond donors (Lipinski definition) is 1. The maximum Gasteiger partial charge on any atom is 0.227 e. The van der Waals surface area contributed by atoms with Crippen LogP contribution in [-0.4, -0.2) is 44.8 Å². The Morgan fingerprint density at radius 1 is 1.29 bits per heavy atom. The summed E-state index contributed by atoms with van der Waals surface area (Å²) in [5, 5.41) is 2.82. The lowest BCUT2D eigenvalue weighted by Crippen LogP contribution is -2.36. The van der Waals surface area contributed by atoms with Gasteiger partial charge < -0.3 is 10.2 Å². The van der Waals surface area contributed by atoms with E-state index in [0.717, 1.165) is 11.3 Å². The molecule has 2 aliphatic rings. The van der Waals surface area contributed by atoms with Crippen LogP contribution in [-0.2, 0) is 19.4 Å². The first-order valence-corrected chi connectivity index (χ1v) is 10.0. The zero-order valence-electron chi connectivity index (χ0n) is 13.7. The molecule has 6 nitrogen and oxygen atoms in total. The zero-order valence-corrected chi connectivity index (χ0v) is 14.5. The van der Waals surface area contributed by atoms with Gasteiger partial charge in [0.1, 0.15) is 0 Å². The first-order chi connectivity index (χ1) is 11.3. The Labute approximate surface area is 142 Å². The van der Waals surface area contributed by atoms with Crippen LogP contribution >= 0.6 is 0 Å². The van der Waals surface area contributed by atoms with Crippen LogP contribution in [0.5, 0.6) is 0 Å². The highest BCUT2D eigenvalue weighted by molar-refractivity contribution is 7.91. The van der Waals surface area contributed by atoms with Gasteiger partial charge in [-0.1, -0.05) is 17.7 Å². The summed E-state index contributed by atoms with van der Waals surface area (Å²) in [5.74, 6) is -0.256. The molecule has 0 aromatic heterocycles. The van der Waals surface area contributed by atoms with Crippen LogP contribution < -0.4 is 10.2 Å². The molecule has 1 aromatic rings. The minimum Gasteiger partial charge on any atom is -0.355 e. The van der Waals surface area contributed by atoms with Gasteiger partial charge in [-0.2, -0.15) is 0 Å². The van der Waals surface area contributed by atoms with Gasteiger partial charge in [-0.05, 0) is 31.4 Å². The number of carbonyl (C=O) groups excluding carboxylic acids is 2. The summed E-state index contributed by atoms with van der Waals surface area (Å²) in [6.07, 6.45) is 0.796. The van der Waals surface area contributed by atoms with Gasteiger partial charge in [0.2, 0.25) is 11.8 Å². The Morgan fingerprint density at radius 2 is 2.00 bits per heavy atom. The third kappa shape index (κ3) is 3.77. The van der Waals surface area contributed by atoms with E-state index in [9.17, 15) is 18.0 Å². The molecule has 7 heteroatoms. The summed E-state index contributed by atoms with van der Waals surface area (Å²) in [7, 11) is -2.93. The van der Waals surface area contributed by atoms with Gasteiger partial charge in [0, 0.05) is 25.2 Å². The van der Waals surface area contributed by atoms with Crippen molar-refractivity contribution in [1.82, 2.24) is 5.32 Å². The molecule has 3 rings (SSSR count). The van der Waals surface area contributed by atoms with Gasteiger partial charge in [0.05, 0.1) is 17.4 Å². The molecule has 0 bridgehead atoms. The van der Waals surface area contributed by atoms with Gasteiger partial charge in [0.25, 0.3) is 0 Å². The van der Waals surface area contributed by atoms with Crippen molar-refractivity contribution < 1.29 is 18.0 Å². The van der Waals surface area contributed by atoms with E-state index in [1.165, 1.54) is 0 Å². The molecular weight excluding hydrogens is 328 g/mol. The third-order valence-electron chi connectivity index (χ3n) is 4.73. The predicted octanol–water partition coefficient (Wildman–Crippen LogP) is 0.899. The maximum atomic E-state index is 12.3. The van der Waals surface area contributed by atoms with Crippen molar-refractivity contribution in [3.63, 3.8) is 0 Å². The van der Waals surface area contributed by atoms with Crippen LogP contribution in [0.2, 0.25) is 0 Å². The second-order valence-electron chi connectivity index (χ2n) is 6.76. The second-order valence-corrected chi connectivity index (χ2v) is 8.98. The Bertz CT molecular complexity index is 742. The molecule has 130 valence electrons. The van der Waals surface area contributed by atoms with E-state index in [-0.39, 0.29) is 41.6 Å². The minimum absolute atomic E-state index is 0.00995. The van der Waals surface area contributed by atoms with Crippen LogP contribution in [0.25, 0.3) is 0 Å². The number of nitrogens with one attached hydrogen (secondary N) is 1. The maximum absolute atomic E-state index is 12.3. The highest BCUT2D eigenvalue weighted by atomic mass is 32.2. The molecule has 1 aromatic carbocycles. The predicted molar refractivity (Wildman–Crippen MR) is 91.4 cm³/mol. The van der Waals surface area contributed by atoms with Gasteiger partial charge in [0.15, 0.2) is 9.84 Å². The Morgan fingerprint density at radius 3 is 2.62 bits per heavy atom. The van der Waals surface area contributed by atoms with E-state index in [4.69, 9.17) is 0 Å². The lowest BCUT2D eigenvalue weighted by atomic mass is 10.1. The summed E-state index contributed by atoms with van der Waals surface area (Å²) >= 11 is 0. The topological polar surface area (TPSA) is 83.6 Å². The van der Waals surface area contributed by atoms with Gasteiger partial charge >= 0.3 is 0 Å². The van der Waals surface area contributed by atoms with Crippen molar-refractivity contribution in [3.8, 4) is 0 Å². The molecule has 24 heavy (non-hydrogen) atoms. The lowest BCUT2D eigenvalue weighted by molar-refractivity contribution is -0.126. The van der Waals surface area contributed by atoms with Crippen molar-refractivity contribution >= 4 is 27.3 Å². The average Bonchev–Trinajstić information content (AvgIpc) is 3.08. The highest BCUT2D eigenvalue weighted by Gasteiger charge is 2.36. The molecule has 2 aliphatic heterocycles. The molecule has 2 atom stereocenters. The average molecular weight is 350 g/mol. The third-order valence-corrected chi connectivity index (χ3v) is 6.57. The number of aryl methyl sites for hydroxylation is 1. The number of carbonyl (C=O) groups is 2. The largest absolute Gasteiger partial charge is 0.355 e. The Hall–Kier alpha value is -1.89. The molecule has 1 N–H and O–H groups in total. The number of nitrogens with zero attached hydrogens (tertiary/aromatic N) is 1. The molecule has 0 saturated carbocycles. The SMILES string of the molecule is Cc1ccc(N2C[C@H](C(=O)NC[C@H]3CCS(=O)(=O)C3)CC2=O)cc1. The monoisotopic (exact) mass is 350 g/mol. The van der Waals surface area contributed by atoms with Crippen LogP contribution in [0.3, 0.4) is 0 Å². The van der Waals surface area contributed by atoms with Crippen LogP contribution in [0.15, 0.2) is 24.3 Å². The summed E-state index contributed by atoms with van der Waals surface area (Å²) in [5.41, 5.74) is 1.92. The summed E-state index contributed by atoms with van der Waals surface area (Å²) in [6.45, 7) is 2.72. The first kappa shape index (κ1) is 17.0. The fourth-order valence-corrected chi connectivity index (χ4v) is 5.14. The van der Waals surface area contributed by atoms with Gasteiger partial charge in [-0.25, -0.2) is 8.42 Å². The normalized spacial score (nSPS) is 25.9. The molecule has 0 unspecified atom stereocenters. The number of anilines is 1. The fourth-order valence-electron chi connectivity index (χ4n) is 3.28. The molecular formula is C17H22N2O4S. The molecule has 2 saturated heterocycles. The number of rotatable bonds is 4. The number of amides is 2. The van der Waals surface area contributed by atoms with E-state index >= 15 is 0 Å². The highest BCUT2D eigenvalue weighted by Crippen LogP contribution is 2.25. The van der Waals surface area contributed by atoms with E-state index in [0.29, 0.717) is 19.5 Å². The summed E-state index contributed by atoms with van der Waals surface area (Å²) in [4.78, 5) is 26.1. The van der Waals surface area contributed by atoms with Crippen LogP contribution in [0.4, 0.5) is 5.69 Å². The number of hydrogen-bond acceptors (Lipinski definition) is 4. The van der Waals surface area contributed by atoms with Gasteiger partial charge in [-0.15, -0.1) is 0 Å². The second kappa shape index (κ2) is 6.55. The van der Waals surface area contributed by atoms with Crippen molar-refractivity contribution in [2.45, 2.75) is 19.8 Å². The number of benzene rings is 1. The van der Waals surface area contributed by atoms with Crippen molar-refractivity contribution in [3.05, 3.63) is 29.8 Å².